The maximum atomic E-state index is 11.3. The van der Waals surface area contributed by atoms with Crippen LogP contribution in [0.15, 0.2) is 0 Å². The molecule has 13 heavy (non-hydrogen) atoms. The lowest BCUT2D eigenvalue weighted by Crippen LogP contribution is -2.35. The summed E-state index contributed by atoms with van der Waals surface area (Å²) >= 11 is 0. The summed E-state index contributed by atoms with van der Waals surface area (Å²) in [4.78, 5) is 13.0. The van der Waals surface area contributed by atoms with E-state index in [-0.39, 0.29) is 11.3 Å². The van der Waals surface area contributed by atoms with E-state index < -0.39 is 0 Å². The third kappa shape index (κ3) is 6.62. The molecule has 0 aromatic heterocycles. The van der Waals surface area contributed by atoms with Gasteiger partial charge in [0.05, 0.1) is 0 Å². The van der Waals surface area contributed by atoms with Crippen molar-refractivity contribution in [2.24, 2.45) is 5.41 Å². The van der Waals surface area contributed by atoms with Gasteiger partial charge in [-0.2, -0.15) is 0 Å². The fraction of sp³-hybridized carbons (Fsp3) is 0.909. The lowest BCUT2D eigenvalue weighted by Gasteiger charge is -2.25. The van der Waals surface area contributed by atoms with Crippen LogP contribution < -0.4 is 0 Å². The molecule has 0 atom stereocenters. The Bertz CT molecular complexity index is 139. The Morgan fingerprint density at radius 2 is 1.46 bits per heavy atom. The van der Waals surface area contributed by atoms with Crippen LogP contribution in [0.25, 0.3) is 0 Å². The van der Waals surface area contributed by atoms with Gasteiger partial charge in [-0.3, -0.25) is 4.79 Å². The lowest BCUT2D eigenvalue weighted by molar-refractivity contribution is -0.137. The minimum absolute atomic E-state index is 0.191. The molecule has 0 fully saturated rings. The number of amides is 1. The van der Waals surface area contributed by atoms with Crippen LogP contribution in [0.5, 0.6) is 0 Å². The van der Waals surface area contributed by atoms with Crippen molar-refractivity contribution in [2.45, 2.75) is 47.5 Å². The zero-order valence-corrected chi connectivity index (χ0v) is 10.3. The monoisotopic (exact) mass is 187 g/mol. The molecule has 0 aromatic carbocycles. The molecule has 0 N–H and O–H groups in total. The van der Waals surface area contributed by atoms with Gasteiger partial charge in [0, 0.05) is 19.5 Å². The third-order valence-electron chi connectivity index (χ3n) is 1.87. The smallest absolute Gasteiger partial charge is 0.227 e. The molecule has 0 unspecified atom stereocenters. The van der Waals surface area contributed by atoms with Crippen molar-refractivity contribution in [1.82, 2.24) is 4.90 Å². The van der Waals surface area contributed by atoms with Crippen molar-refractivity contribution in [3.63, 3.8) is 0 Å². The topological polar surface area (TPSA) is 20.3 Å². The van der Waals surface area contributed by atoms with Crippen molar-refractivity contribution in [3.8, 4) is 0 Å². The number of rotatable bonds is 2. The van der Waals surface area contributed by atoms with Crippen LogP contribution >= 0.6 is 0 Å². The standard InChI is InChI=1S/C8H17NO.C3H8/c1-6-8(2,3)7(10)9(4)5;1-3-2/h6H2,1-5H3;3H2,1-2H3. The van der Waals surface area contributed by atoms with Crippen LogP contribution in [0.4, 0.5) is 0 Å². The summed E-state index contributed by atoms with van der Waals surface area (Å²) in [5.41, 5.74) is -0.191. The Morgan fingerprint density at radius 1 is 1.15 bits per heavy atom. The molecule has 80 valence electrons. The molecule has 0 rings (SSSR count). The summed E-state index contributed by atoms with van der Waals surface area (Å²) in [5.74, 6) is 0.204. The average molecular weight is 187 g/mol. The first-order chi connectivity index (χ1) is 5.83. The van der Waals surface area contributed by atoms with Gasteiger partial charge in [0.1, 0.15) is 0 Å². The van der Waals surface area contributed by atoms with Gasteiger partial charge >= 0.3 is 0 Å². The molecule has 0 aliphatic carbocycles. The van der Waals surface area contributed by atoms with Crippen LogP contribution in [-0.4, -0.2) is 24.9 Å². The number of hydrogen-bond acceptors (Lipinski definition) is 1. The fourth-order valence-corrected chi connectivity index (χ4v) is 0.757. The molecular weight excluding hydrogens is 162 g/mol. The molecule has 0 saturated carbocycles. The predicted octanol–water partition coefficient (Wildman–Crippen LogP) is 2.93. The van der Waals surface area contributed by atoms with Crippen LogP contribution in [-0.2, 0) is 4.79 Å². The second kappa shape index (κ2) is 6.93. The lowest BCUT2D eigenvalue weighted by atomic mass is 9.89. The largest absolute Gasteiger partial charge is 0.348 e. The van der Waals surface area contributed by atoms with E-state index in [0.29, 0.717) is 0 Å². The van der Waals surface area contributed by atoms with Crippen molar-refractivity contribution >= 4 is 5.91 Å². The van der Waals surface area contributed by atoms with E-state index in [0.717, 1.165) is 6.42 Å². The van der Waals surface area contributed by atoms with Crippen molar-refractivity contribution in [1.29, 1.82) is 0 Å². The average Bonchev–Trinajstić information content (AvgIpc) is 2.04. The number of hydrogen-bond donors (Lipinski definition) is 0. The van der Waals surface area contributed by atoms with E-state index in [9.17, 15) is 4.79 Å². The number of carbonyl (C=O) groups is 1. The van der Waals surface area contributed by atoms with Gasteiger partial charge in [0.2, 0.25) is 5.91 Å². The Morgan fingerprint density at radius 3 is 1.54 bits per heavy atom. The Hall–Kier alpha value is -0.530. The van der Waals surface area contributed by atoms with Gasteiger partial charge in [0.15, 0.2) is 0 Å². The highest BCUT2D eigenvalue weighted by Gasteiger charge is 2.26. The Balaban J connectivity index is 0. The van der Waals surface area contributed by atoms with Crippen molar-refractivity contribution in [2.75, 3.05) is 14.1 Å². The van der Waals surface area contributed by atoms with E-state index in [1.54, 1.807) is 19.0 Å². The highest BCUT2D eigenvalue weighted by atomic mass is 16.2. The second-order valence-corrected chi connectivity index (χ2v) is 4.14. The summed E-state index contributed by atoms with van der Waals surface area (Å²) in [6.45, 7) is 10.2. The molecule has 0 aliphatic rings. The molecule has 2 heteroatoms. The first-order valence-electron chi connectivity index (χ1n) is 5.05. The zero-order valence-electron chi connectivity index (χ0n) is 10.3. The SMILES string of the molecule is CCC.CCC(C)(C)C(=O)N(C)C. The first kappa shape index (κ1) is 15.0. The minimum Gasteiger partial charge on any atom is -0.348 e. The van der Waals surface area contributed by atoms with E-state index >= 15 is 0 Å². The number of carbonyl (C=O) groups excluding carboxylic acids is 1. The zero-order chi connectivity index (χ0) is 11.1. The van der Waals surface area contributed by atoms with Crippen LogP contribution in [0.1, 0.15) is 47.5 Å². The highest BCUT2D eigenvalue weighted by molar-refractivity contribution is 5.81. The van der Waals surface area contributed by atoms with Crippen LogP contribution in [0.3, 0.4) is 0 Å². The summed E-state index contributed by atoms with van der Waals surface area (Å²) in [6.07, 6.45) is 2.14. The van der Waals surface area contributed by atoms with Crippen LogP contribution in [0, 0.1) is 5.41 Å². The van der Waals surface area contributed by atoms with Gasteiger partial charge in [-0.1, -0.05) is 41.0 Å². The number of nitrogens with zero attached hydrogens (tertiary/aromatic N) is 1. The van der Waals surface area contributed by atoms with E-state index in [1.165, 1.54) is 6.42 Å². The second-order valence-electron chi connectivity index (χ2n) is 4.14. The fourth-order valence-electron chi connectivity index (χ4n) is 0.757. The van der Waals surface area contributed by atoms with Gasteiger partial charge in [-0.05, 0) is 6.42 Å². The molecule has 0 aliphatic heterocycles. The Labute approximate surface area is 83.3 Å². The molecule has 0 radical (unpaired) electrons. The predicted molar refractivity (Wildman–Crippen MR) is 58.7 cm³/mol. The highest BCUT2D eigenvalue weighted by Crippen LogP contribution is 2.21. The van der Waals surface area contributed by atoms with Gasteiger partial charge < -0.3 is 4.90 Å². The van der Waals surface area contributed by atoms with Gasteiger partial charge in [0.25, 0.3) is 0 Å². The Kier molecular flexibility index (Phi) is 7.98. The molecule has 0 aromatic rings. The third-order valence-corrected chi connectivity index (χ3v) is 1.87. The normalized spacial score (nSPS) is 10.1. The van der Waals surface area contributed by atoms with E-state index in [4.69, 9.17) is 0 Å². The van der Waals surface area contributed by atoms with Crippen molar-refractivity contribution < 1.29 is 4.79 Å². The molecule has 0 bridgehead atoms. The molecule has 1 amide bonds. The van der Waals surface area contributed by atoms with Crippen molar-refractivity contribution in [3.05, 3.63) is 0 Å². The first-order valence-corrected chi connectivity index (χ1v) is 5.05. The molecule has 0 saturated heterocycles. The van der Waals surface area contributed by atoms with Gasteiger partial charge in [-0.15, -0.1) is 0 Å². The quantitative estimate of drug-likeness (QED) is 0.651. The molecular formula is C11H25NO. The maximum Gasteiger partial charge on any atom is 0.227 e. The summed E-state index contributed by atoms with van der Waals surface area (Å²) < 4.78 is 0. The van der Waals surface area contributed by atoms with E-state index in [1.807, 2.05) is 20.8 Å². The van der Waals surface area contributed by atoms with Gasteiger partial charge in [-0.25, -0.2) is 0 Å². The summed E-state index contributed by atoms with van der Waals surface area (Å²) in [7, 11) is 3.58. The summed E-state index contributed by atoms with van der Waals surface area (Å²) in [5, 5.41) is 0. The maximum absolute atomic E-state index is 11.3. The summed E-state index contributed by atoms with van der Waals surface area (Å²) in [6, 6.07) is 0. The minimum atomic E-state index is -0.191. The van der Waals surface area contributed by atoms with E-state index in [2.05, 4.69) is 13.8 Å². The molecule has 0 heterocycles. The van der Waals surface area contributed by atoms with Crippen LogP contribution in [0.2, 0.25) is 0 Å². The molecule has 0 spiro atoms. The molecule has 2 nitrogen and oxygen atoms in total.